The van der Waals surface area contributed by atoms with Crippen LogP contribution in [0, 0.1) is 18.7 Å². The lowest BCUT2D eigenvalue weighted by atomic mass is 9.99. The summed E-state index contributed by atoms with van der Waals surface area (Å²) in [7, 11) is -6.56. The molecule has 0 saturated carbocycles. The Labute approximate surface area is 245 Å². The third kappa shape index (κ3) is 6.75. The summed E-state index contributed by atoms with van der Waals surface area (Å²) < 4.78 is 75.6. The van der Waals surface area contributed by atoms with Gasteiger partial charge in [-0.1, -0.05) is 24.6 Å². The van der Waals surface area contributed by atoms with Crippen LogP contribution in [0.4, 0.5) is 10.1 Å². The monoisotopic (exact) mass is 619 g/mol. The summed E-state index contributed by atoms with van der Waals surface area (Å²) >= 11 is 0. The minimum Gasteiger partial charge on any atom is -0.488 e. The number of nitrogens with zero attached hydrogens (tertiary/aromatic N) is 2. The third-order valence-electron chi connectivity index (χ3n) is 7.21. The average molecular weight is 620 g/mol. The number of aryl methyl sites for hydroxylation is 1. The second-order valence-corrected chi connectivity index (χ2v) is 14.2. The average Bonchev–Trinajstić information content (AvgIpc) is 2.95. The molecule has 42 heavy (non-hydrogen) atoms. The molecule has 3 aromatic rings. The van der Waals surface area contributed by atoms with Gasteiger partial charge in [-0.15, -0.1) is 0 Å². The maximum Gasteiger partial charge on any atom is 0.261 e. The molecule has 3 aromatic carbocycles. The highest BCUT2D eigenvalue weighted by Gasteiger charge is 2.35. The predicted molar refractivity (Wildman–Crippen MR) is 156 cm³/mol. The smallest absolute Gasteiger partial charge is 0.261 e. The summed E-state index contributed by atoms with van der Waals surface area (Å²) in [6.07, 6.45) is -0.736. The fourth-order valence-corrected chi connectivity index (χ4v) is 6.81. The summed E-state index contributed by atoms with van der Waals surface area (Å²) in [6.45, 7) is 5.04. The first-order valence-electron chi connectivity index (χ1n) is 13.3. The second-order valence-electron chi connectivity index (χ2n) is 10.5. The number of halogens is 1. The number of likely N-dealkylation sites (N-methyl/N-ethyl adjacent to an activating group) is 1. The lowest BCUT2D eigenvalue weighted by Gasteiger charge is -2.38. The molecule has 0 bridgehead atoms. The Kier molecular flexibility index (Phi) is 9.26. The van der Waals surface area contributed by atoms with Crippen LogP contribution in [0.2, 0.25) is 0 Å². The number of benzene rings is 3. The molecule has 0 fully saturated rings. The van der Waals surface area contributed by atoms with Crippen molar-refractivity contribution in [2.45, 2.75) is 42.7 Å². The van der Waals surface area contributed by atoms with Crippen LogP contribution in [0.1, 0.15) is 29.8 Å². The van der Waals surface area contributed by atoms with Crippen molar-refractivity contribution in [3.8, 4) is 5.75 Å². The van der Waals surface area contributed by atoms with Crippen molar-refractivity contribution in [1.82, 2.24) is 9.21 Å². The number of hydrogen-bond acceptors (Lipinski definition) is 7. The van der Waals surface area contributed by atoms with Crippen LogP contribution in [0.5, 0.6) is 5.75 Å². The Balaban J connectivity index is 1.68. The molecule has 1 aliphatic heterocycles. The van der Waals surface area contributed by atoms with Gasteiger partial charge in [-0.25, -0.2) is 21.2 Å². The number of amides is 1. The van der Waals surface area contributed by atoms with Crippen molar-refractivity contribution in [2.24, 2.45) is 5.92 Å². The number of hydrogen-bond donors (Lipinski definition) is 2. The molecule has 1 aliphatic rings. The molecule has 0 saturated heterocycles. The van der Waals surface area contributed by atoms with Gasteiger partial charge in [0.2, 0.25) is 10.0 Å². The number of carbonyl (C=O) groups excluding carboxylic acids is 1. The zero-order valence-corrected chi connectivity index (χ0v) is 25.3. The number of rotatable bonds is 9. The van der Waals surface area contributed by atoms with Crippen molar-refractivity contribution in [2.75, 3.05) is 31.5 Å². The Hall–Kier alpha value is -3.52. The number of aliphatic hydroxyl groups excluding tert-OH is 1. The molecule has 13 heteroatoms. The Morgan fingerprint density at radius 1 is 1.05 bits per heavy atom. The molecule has 1 amide bonds. The van der Waals surface area contributed by atoms with E-state index in [0.717, 1.165) is 22.0 Å². The molecule has 10 nitrogen and oxygen atoms in total. The van der Waals surface area contributed by atoms with Gasteiger partial charge in [-0.3, -0.25) is 9.52 Å². The molecule has 0 aliphatic carbocycles. The Morgan fingerprint density at radius 2 is 1.67 bits per heavy atom. The van der Waals surface area contributed by atoms with Crippen LogP contribution in [0.25, 0.3) is 0 Å². The van der Waals surface area contributed by atoms with Crippen molar-refractivity contribution >= 4 is 31.6 Å². The fourth-order valence-electron chi connectivity index (χ4n) is 4.57. The van der Waals surface area contributed by atoms with Crippen LogP contribution < -0.4 is 9.46 Å². The number of aliphatic hydroxyl groups is 1. The molecular formula is C29H34FN3O7S2. The van der Waals surface area contributed by atoms with E-state index in [1.165, 1.54) is 54.4 Å². The predicted octanol–water partition coefficient (Wildman–Crippen LogP) is 3.48. The first-order valence-corrected chi connectivity index (χ1v) is 16.2. The van der Waals surface area contributed by atoms with Crippen molar-refractivity contribution < 1.29 is 35.9 Å². The zero-order valence-electron chi connectivity index (χ0n) is 23.7. The van der Waals surface area contributed by atoms with Gasteiger partial charge in [0.25, 0.3) is 15.9 Å². The number of nitrogens with one attached hydrogen (secondary N) is 1. The van der Waals surface area contributed by atoms with E-state index in [9.17, 15) is 31.1 Å². The van der Waals surface area contributed by atoms with E-state index in [4.69, 9.17) is 4.74 Å². The first kappa shape index (κ1) is 31.4. The van der Waals surface area contributed by atoms with Gasteiger partial charge in [0.05, 0.1) is 34.5 Å². The largest absolute Gasteiger partial charge is 0.488 e. The van der Waals surface area contributed by atoms with Crippen LogP contribution in [0.3, 0.4) is 0 Å². The molecule has 4 rings (SSSR count). The summed E-state index contributed by atoms with van der Waals surface area (Å²) in [5.74, 6) is -1.27. The molecule has 0 unspecified atom stereocenters. The minimum atomic E-state index is -3.99. The molecule has 0 radical (unpaired) electrons. The van der Waals surface area contributed by atoms with E-state index in [1.54, 1.807) is 19.1 Å². The van der Waals surface area contributed by atoms with Gasteiger partial charge in [-0.2, -0.15) is 4.31 Å². The van der Waals surface area contributed by atoms with E-state index >= 15 is 0 Å². The summed E-state index contributed by atoms with van der Waals surface area (Å²) in [4.78, 5) is 15.1. The fraction of sp³-hybridized carbons (Fsp3) is 0.345. The highest BCUT2D eigenvalue weighted by Crippen LogP contribution is 2.32. The number of fused-ring (bicyclic) bond motifs is 1. The Morgan fingerprint density at radius 3 is 2.29 bits per heavy atom. The second kappa shape index (κ2) is 12.4. The SMILES string of the molecule is Cc1ccc(S(=O)(=O)Nc2ccc3c(c2)C(=O)N([C@@H](C)CO)C[C@H](C)[C@@H](CN(C)S(=O)(=O)c2ccc(F)cc2)O3)cc1. The van der Waals surface area contributed by atoms with Crippen LogP contribution in [0.15, 0.2) is 76.5 Å². The molecule has 2 N–H and O–H groups in total. The van der Waals surface area contributed by atoms with E-state index in [-0.39, 0.29) is 52.4 Å². The van der Waals surface area contributed by atoms with Crippen LogP contribution >= 0.6 is 0 Å². The van der Waals surface area contributed by atoms with Gasteiger partial charge in [0.15, 0.2) is 0 Å². The maximum atomic E-state index is 13.7. The van der Waals surface area contributed by atoms with Crippen molar-refractivity contribution in [1.29, 1.82) is 0 Å². The molecule has 0 aromatic heterocycles. The standard InChI is InChI=1S/C29H34FN3O7S2/c1-19-5-10-24(11-6-19)41(36,37)31-23-9-14-27-26(15-23)29(35)33(21(3)18-34)16-20(2)28(40-27)17-32(4)42(38,39)25-12-7-22(30)8-13-25/h5-15,20-21,28,31,34H,16-18H2,1-4H3/t20-,21-,28+/m0/s1. The van der Waals surface area contributed by atoms with E-state index < -0.39 is 43.9 Å². The first-order chi connectivity index (χ1) is 19.7. The quantitative estimate of drug-likeness (QED) is 0.375. The minimum absolute atomic E-state index is 0.0530. The normalized spacial score (nSPS) is 18.5. The molecule has 0 spiro atoms. The van der Waals surface area contributed by atoms with E-state index in [1.807, 2.05) is 13.8 Å². The van der Waals surface area contributed by atoms with Gasteiger partial charge in [0.1, 0.15) is 17.7 Å². The van der Waals surface area contributed by atoms with Crippen LogP contribution in [-0.4, -0.2) is 75.9 Å². The van der Waals surface area contributed by atoms with E-state index in [2.05, 4.69) is 4.72 Å². The van der Waals surface area contributed by atoms with Gasteiger partial charge < -0.3 is 14.7 Å². The molecule has 226 valence electrons. The summed E-state index contributed by atoms with van der Waals surface area (Å²) in [5.41, 5.74) is 1.08. The van der Waals surface area contributed by atoms with Crippen molar-refractivity contribution in [3.05, 3.63) is 83.7 Å². The van der Waals surface area contributed by atoms with Gasteiger partial charge in [0, 0.05) is 25.2 Å². The van der Waals surface area contributed by atoms with Gasteiger partial charge in [-0.05, 0) is 68.4 Å². The molecular weight excluding hydrogens is 585 g/mol. The van der Waals surface area contributed by atoms with Crippen LogP contribution in [-0.2, 0) is 20.0 Å². The number of sulfonamides is 2. The van der Waals surface area contributed by atoms with Crippen molar-refractivity contribution in [3.63, 3.8) is 0 Å². The number of carbonyl (C=O) groups is 1. The number of ether oxygens (including phenoxy) is 1. The van der Waals surface area contributed by atoms with E-state index in [0.29, 0.717) is 0 Å². The lowest BCUT2D eigenvalue weighted by Crippen LogP contribution is -2.50. The zero-order chi connectivity index (χ0) is 30.8. The van der Waals surface area contributed by atoms with Gasteiger partial charge >= 0.3 is 0 Å². The number of anilines is 1. The maximum absolute atomic E-state index is 13.7. The summed E-state index contributed by atoms with van der Waals surface area (Å²) in [5, 5.41) is 9.89. The highest BCUT2D eigenvalue weighted by molar-refractivity contribution is 7.92. The Bertz CT molecular complexity index is 1650. The highest BCUT2D eigenvalue weighted by atomic mass is 32.2. The summed E-state index contributed by atoms with van der Waals surface area (Å²) in [6, 6.07) is 14.5. The topological polar surface area (TPSA) is 133 Å². The lowest BCUT2D eigenvalue weighted by molar-refractivity contribution is 0.0387. The molecule has 1 heterocycles. The molecule has 3 atom stereocenters. The third-order valence-corrected chi connectivity index (χ3v) is 10.4.